The van der Waals surface area contributed by atoms with Crippen molar-refractivity contribution in [1.29, 1.82) is 0 Å². The lowest BCUT2D eigenvalue weighted by molar-refractivity contribution is -0.122. The Morgan fingerprint density at radius 3 is 2.50 bits per heavy atom. The van der Waals surface area contributed by atoms with Crippen LogP contribution in [-0.4, -0.2) is 24.7 Å². The largest absolute Gasteiger partial charge is 0.368 e. The minimum Gasteiger partial charge on any atom is -0.368 e. The van der Waals surface area contributed by atoms with E-state index in [0.29, 0.717) is 4.47 Å². The molecule has 0 bridgehead atoms. The van der Waals surface area contributed by atoms with Gasteiger partial charge in [0.1, 0.15) is 10.9 Å². The van der Waals surface area contributed by atoms with E-state index in [9.17, 15) is 13.2 Å². The van der Waals surface area contributed by atoms with E-state index in [1.54, 1.807) is 6.07 Å². The molecule has 0 saturated carbocycles. The molecule has 2 aromatic rings. The topological polar surface area (TPSA) is 80.5 Å². The number of nitrogens with two attached hydrogens (primary N) is 1. The quantitative estimate of drug-likeness (QED) is 0.814. The summed E-state index contributed by atoms with van der Waals surface area (Å²) in [6.07, 6.45) is 0.249. The van der Waals surface area contributed by atoms with Crippen molar-refractivity contribution in [2.45, 2.75) is 23.9 Å². The summed E-state index contributed by atoms with van der Waals surface area (Å²) < 4.78 is 27.9. The molecule has 24 heavy (non-hydrogen) atoms. The average Bonchev–Trinajstić information content (AvgIpc) is 2.53. The summed E-state index contributed by atoms with van der Waals surface area (Å²) in [5, 5.41) is 0.0893. The van der Waals surface area contributed by atoms with E-state index < -0.39 is 22.0 Å². The van der Waals surface area contributed by atoms with Gasteiger partial charge in [-0.25, -0.2) is 8.42 Å². The molecule has 0 fully saturated rings. The van der Waals surface area contributed by atoms with Crippen molar-refractivity contribution in [3.8, 4) is 0 Å². The van der Waals surface area contributed by atoms with Crippen LogP contribution in [0.2, 0.25) is 5.02 Å². The first-order valence-corrected chi connectivity index (χ1v) is 9.75. The van der Waals surface area contributed by atoms with Crippen LogP contribution in [0.3, 0.4) is 0 Å². The number of sulfonamides is 1. The third kappa shape index (κ3) is 3.09. The van der Waals surface area contributed by atoms with Crippen molar-refractivity contribution in [3.05, 3.63) is 63.1 Å². The van der Waals surface area contributed by atoms with Gasteiger partial charge in [-0.1, -0.05) is 51.8 Å². The SMILES string of the molecule is NC(=O)[C@H]1Cc2ccccc2CN1S(=O)(=O)c1ccc(Br)cc1Cl. The number of fused-ring (bicyclic) bond motifs is 1. The van der Waals surface area contributed by atoms with E-state index in [1.165, 1.54) is 12.1 Å². The van der Waals surface area contributed by atoms with Gasteiger partial charge in [-0.05, 0) is 35.7 Å². The number of amides is 1. The average molecular weight is 430 g/mol. The van der Waals surface area contributed by atoms with Gasteiger partial charge in [-0.15, -0.1) is 0 Å². The van der Waals surface area contributed by atoms with E-state index in [-0.39, 0.29) is 22.9 Å². The summed E-state index contributed by atoms with van der Waals surface area (Å²) in [4.78, 5) is 11.8. The number of hydrogen-bond acceptors (Lipinski definition) is 3. The number of rotatable bonds is 3. The third-order valence-corrected chi connectivity index (χ3v) is 6.85. The van der Waals surface area contributed by atoms with Crippen molar-refractivity contribution in [3.63, 3.8) is 0 Å². The molecule has 3 rings (SSSR count). The minimum atomic E-state index is -3.97. The molecule has 0 aromatic heterocycles. The van der Waals surface area contributed by atoms with Gasteiger partial charge in [0.2, 0.25) is 15.9 Å². The highest BCUT2D eigenvalue weighted by Crippen LogP contribution is 2.33. The zero-order valence-corrected chi connectivity index (χ0v) is 15.6. The number of benzene rings is 2. The molecule has 1 heterocycles. The number of nitrogens with zero attached hydrogens (tertiary/aromatic N) is 1. The Morgan fingerprint density at radius 2 is 1.88 bits per heavy atom. The Bertz CT molecular complexity index is 917. The van der Waals surface area contributed by atoms with Gasteiger partial charge in [0, 0.05) is 11.0 Å². The minimum absolute atomic E-state index is 0.0435. The number of carbonyl (C=O) groups excluding carboxylic acids is 1. The summed E-state index contributed by atoms with van der Waals surface area (Å²) in [5.41, 5.74) is 7.25. The Balaban J connectivity index is 2.10. The summed E-state index contributed by atoms with van der Waals surface area (Å²) >= 11 is 9.36. The Morgan fingerprint density at radius 1 is 1.21 bits per heavy atom. The summed E-state index contributed by atoms with van der Waals surface area (Å²) in [5.74, 6) is -0.679. The second-order valence-electron chi connectivity index (χ2n) is 5.52. The van der Waals surface area contributed by atoms with Crippen LogP contribution in [0, 0.1) is 0 Å². The van der Waals surface area contributed by atoms with Gasteiger partial charge in [-0.2, -0.15) is 4.31 Å². The predicted molar refractivity (Wildman–Crippen MR) is 95.0 cm³/mol. The maximum absolute atomic E-state index is 13.1. The maximum Gasteiger partial charge on any atom is 0.245 e. The Hall–Kier alpha value is -1.41. The fourth-order valence-corrected chi connectivity index (χ4v) is 5.39. The Kier molecular flexibility index (Phi) is 4.70. The van der Waals surface area contributed by atoms with E-state index in [0.717, 1.165) is 15.4 Å². The molecular weight excluding hydrogens is 416 g/mol. The van der Waals surface area contributed by atoms with Crippen molar-refractivity contribution in [1.82, 2.24) is 4.31 Å². The van der Waals surface area contributed by atoms with Crippen molar-refractivity contribution in [2.24, 2.45) is 5.73 Å². The van der Waals surface area contributed by atoms with Crippen molar-refractivity contribution in [2.75, 3.05) is 0 Å². The Labute approximate surface area is 153 Å². The van der Waals surface area contributed by atoms with Gasteiger partial charge in [0.15, 0.2) is 0 Å². The van der Waals surface area contributed by atoms with Crippen molar-refractivity contribution >= 4 is 43.5 Å². The van der Waals surface area contributed by atoms with Crippen LogP contribution in [0.1, 0.15) is 11.1 Å². The number of primary amides is 1. The van der Waals surface area contributed by atoms with Crippen LogP contribution in [0.5, 0.6) is 0 Å². The van der Waals surface area contributed by atoms with Crippen molar-refractivity contribution < 1.29 is 13.2 Å². The molecule has 0 saturated heterocycles. The van der Waals surface area contributed by atoms with E-state index >= 15 is 0 Å². The van der Waals surface area contributed by atoms with Gasteiger partial charge < -0.3 is 5.73 Å². The second-order valence-corrected chi connectivity index (χ2v) is 8.70. The summed E-state index contributed by atoms with van der Waals surface area (Å²) in [7, 11) is -3.97. The zero-order chi connectivity index (χ0) is 17.5. The predicted octanol–water partition coefficient (Wildman–Crippen LogP) is 2.70. The number of hydrogen-bond donors (Lipinski definition) is 1. The maximum atomic E-state index is 13.1. The fourth-order valence-electron chi connectivity index (χ4n) is 2.80. The van der Waals surface area contributed by atoms with E-state index in [4.69, 9.17) is 17.3 Å². The molecule has 1 atom stereocenters. The molecule has 5 nitrogen and oxygen atoms in total. The van der Waals surface area contributed by atoms with Crippen LogP contribution < -0.4 is 5.73 Å². The van der Waals surface area contributed by atoms with E-state index in [2.05, 4.69) is 15.9 Å². The van der Waals surface area contributed by atoms with Gasteiger partial charge >= 0.3 is 0 Å². The van der Waals surface area contributed by atoms with Gasteiger partial charge in [0.25, 0.3) is 0 Å². The van der Waals surface area contributed by atoms with E-state index in [1.807, 2.05) is 24.3 Å². The molecule has 126 valence electrons. The second kappa shape index (κ2) is 6.48. The molecular formula is C16H14BrClN2O3S. The lowest BCUT2D eigenvalue weighted by Crippen LogP contribution is -2.51. The highest BCUT2D eigenvalue weighted by molar-refractivity contribution is 9.10. The monoisotopic (exact) mass is 428 g/mol. The first-order valence-electron chi connectivity index (χ1n) is 7.13. The molecule has 2 aromatic carbocycles. The third-order valence-electron chi connectivity index (χ3n) is 4.01. The molecule has 0 unspecified atom stereocenters. The van der Waals surface area contributed by atoms with Crippen LogP contribution in [0.25, 0.3) is 0 Å². The normalized spacial score (nSPS) is 18.2. The molecule has 1 aliphatic rings. The number of halogens is 2. The van der Waals surface area contributed by atoms with Crippen LogP contribution >= 0.6 is 27.5 Å². The summed E-state index contributed by atoms with van der Waals surface area (Å²) in [6.45, 7) is 0.0819. The molecule has 8 heteroatoms. The lowest BCUT2D eigenvalue weighted by atomic mass is 9.96. The zero-order valence-electron chi connectivity index (χ0n) is 12.4. The summed E-state index contributed by atoms with van der Waals surface area (Å²) in [6, 6.07) is 11.0. The standard InChI is InChI=1S/C16H14BrClN2O3S/c17-12-5-6-15(13(18)8-12)24(22,23)20-9-11-4-2-1-3-10(11)7-14(20)16(19)21/h1-6,8,14H,7,9H2,(H2,19,21)/t14-/m1/s1. The first-order chi connectivity index (χ1) is 11.3. The lowest BCUT2D eigenvalue weighted by Gasteiger charge is -2.34. The molecule has 1 aliphatic heterocycles. The molecule has 2 N–H and O–H groups in total. The highest BCUT2D eigenvalue weighted by atomic mass is 79.9. The molecule has 0 aliphatic carbocycles. The molecule has 0 spiro atoms. The number of carbonyl (C=O) groups is 1. The van der Waals surface area contributed by atoms with Crippen LogP contribution in [-0.2, 0) is 27.8 Å². The molecule has 0 radical (unpaired) electrons. The highest BCUT2D eigenvalue weighted by Gasteiger charge is 2.39. The first kappa shape index (κ1) is 17.4. The van der Waals surface area contributed by atoms with Gasteiger partial charge in [0.05, 0.1) is 5.02 Å². The van der Waals surface area contributed by atoms with Crippen LogP contribution in [0.4, 0.5) is 0 Å². The smallest absolute Gasteiger partial charge is 0.245 e. The fraction of sp³-hybridized carbons (Fsp3) is 0.188. The van der Waals surface area contributed by atoms with Crippen LogP contribution in [0.15, 0.2) is 51.8 Å². The van der Waals surface area contributed by atoms with Gasteiger partial charge in [-0.3, -0.25) is 4.79 Å². The molecule has 1 amide bonds.